The van der Waals surface area contributed by atoms with Crippen molar-refractivity contribution in [1.29, 1.82) is 0 Å². The highest BCUT2D eigenvalue weighted by Crippen LogP contribution is 2.33. The lowest BCUT2D eigenvalue weighted by atomic mass is 9.99. The summed E-state index contributed by atoms with van der Waals surface area (Å²) in [5.41, 5.74) is 0.797. The van der Waals surface area contributed by atoms with E-state index in [4.69, 9.17) is 0 Å². The quantitative estimate of drug-likeness (QED) is 0.748. The van der Waals surface area contributed by atoms with Gasteiger partial charge < -0.3 is 0 Å². The van der Waals surface area contributed by atoms with Gasteiger partial charge in [0.15, 0.2) is 5.78 Å². The molecule has 0 aromatic carbocycles. The molecule has 0 aliphatic carbocycles. The van der Waals surface area contributed by atoms with Gasteiger partial charge in [-0.15, -0.1) is 11.3 Å². The van der Waals surface area contributed by atoms with Crippen molar-refractivity contribution in [2.24, 2.45) is 5.92 Å². The van der Waals surface area contributed by atoms with Crippen molar-refractivity contribution in [3.8, 4) is 0 Å². The summed E-state index contributed by atoms with van der Waals surface area (Å²) in [4.78, 5) is 11.8. The van der Waals surface area contributed by atoms with Gasteiger partial charge in [-0.25, -0.2) is 0 Å². The Bertz CT molecular complexity index is 319. The molecule has 1 unspecified atom stereocenters. The molecule has 1 aromatic rings. The zero-order valence-electron chi connectivity index (χ0n) is 7.43. The summed E-state index contributed by atoms with van der Waals surface area (Å²) < 4.78 is 1.91. The number of carbonyl (C=O) groups excluding carboxylic acids is 1. The third-order valence-corrected chi connectivity index (χ3v) is 4.32. The maximum atomic E-state index is 11.8. The van der Waals surface area contributed by atoms with Gasteiger partial charge in [0.25, 0.3) is 0 Å². The molecule has 1 nitrogen and oxygen atoms in total. The van der Waals surface area contributed by atoms with Crippen molar-refractivity contribution < 1.29 is 4.79 Å². The zero-order chi connectivity index (χ0) is 10.0. The number of Topliss-reactive ketones (excluding diaryl/α,β-unsaturated/α-hetero) is 1. The third-order valence-electron chi connectivity index (χ3n) is 1.98. The number of hydrogen-bond acceptors (Lipinski definition) is 2. The van der Waals surface area contributed by atoms with E-state index >= 15 is 0 Å². The van der Waals surface area contributed by atoms with Crippen LogP contribution in [0.5, 0.6) is 0 Å². The lowest BCUT2D eigenvalue weighted by Crippen LogP contribution is -2.09. The zero-order valence-corrected chi connectivity index (χ0v) is 11.4. The number of carbonyl (C=O) groups is 1. The molecular formula is C9H10Br2OS. The van der Waals surface area contributed by atoms with Crippen LogP contribution in [0.1, 0.15) is 30.6 Å². The standard InChI is InChI=1S/C9H10Br2OS/c1-3-5(2)8(12)6-4-7(10)13-9(6)11/h4-5H,3H2,1-2H3. The molecule has 1 heterocycles. The first-order chi connectivity index (χ1) is 6.06. The molecular weight excluding hydrogens is 316 g/mol. The second kappa shape index (κ2) is 4.71. The van der Waals surface area contributed by atoms with Crippen LogP contribution in [0.4, 0.5) is 0 Å². The Hall–Kier alpha value is 0.330. The van der Waals surface area contributed by atoms with Crippen molar-refractivity contribution in [1.82, 2.24) is 0 Å². The molecule has 0 bridgehead atoms. The van der Waals surface area contributed by atoms with E-state index in [1.165, 1.54) is 11.3 Å². The molecule has 0 fully saturated rings. The fourth-order valence-electron chi connectivity index (χ4n) is 0.959. The van der Waals surface area contributed by atoms with Crippen LogP contribution in [0.15, 0.2) is 13.6 Å². The number of thiophene rings is 1. The topological polar surface area (TPSA) is 17.1 Å². The fourth-order valence-corrected chi connectivity index (χ4v) is 3.78. The van der Waals surface area contributed by atoms with Gasteiger partial charge in [0.1, 0.15) is 0 Å². The van der Waals surface area contributed by atoms with Crippen LogP contribution in [0.3, 0.4) is 0 Å². The lowest BCUT2D eigenvalue weighted by Gasteiger charge is -2.05. The van der Waals surface area contributed by atoms with E-state index in [2.05, 4.69) is 31.9 Å². The summed E-state index contributed by atoms with van der Waals surface area (Å²) >= 11 is 8.28. The molecule has 13 heavy (non-hydrogen) atoms. The minimum atomic E-state index is 0.109. The molecule has 0 aliphatic heterocycles. The predicted octanol–water partition coefficient (Wildman–Crippen LogP) is 4.50. The monoisotopic (exact) mass is 324 g/mol. The Morgan fingerprint density at radius 3 is 2.62 bits per heavy atom. The summed E-state index contributed by atoms with van der Waals surface area (Å²) in [6.45, 7) is 3.98. The molecule has 72 valence electrons. The summed E-state index contributed by atoms with van der Waals surface area (Å²) in [5.74, 6) is 0.328. The van der Waals surface area contributed by atoms with E-state index in [1.54, 1.807) is 0 Å². The highest BCUT2D eigenvalue weighted by Gasteiger charge is 2.18. The summed E-state index contributed by atoms with van der Waals surface area (Å²) in [7, 11) is 0. The second-order valence-electron chi connectivity index (χ2n) is 2.91. The van der Waals surface area contributed by atoms with Gasteiger partial charge in [-0.3, -0.25) is 4.79 Å². The molecule has 1 atom stereocenters. The van der Waals surface area contributed by atoms with Gasteiger partial charge in [0, 0.05) is 11.5 Å². The van der Waals surface area contributed by atoms with E-state index in [0.717, 1.165) is 19.6 Å². The van der Waals surface area contributed by atoms with Gasteiger partial charge >= 0.3 is 0 Å². The molecule has 0 saturated carbocycles. The predicted molar refractivity (Wildman–Crippen MR) is 63.5 cm³/mol. The van der Waals surface area contributed by atoms with Crippen LogP contribution in [0.2, 0.25) is 0 Å². The molecule has 0 radical (unpaired) electrons. The Kier molecular flexibility index (Phi) is 4.13. The second-order valence-corrected chi connectivity index (χ2v) is 6.66. The van der Waals surface area contributed by atoms with E-state index in [0.29, 0.717) is 0 Å². The van der Waals surface area contributed by atoms with E-state index in [-0.39, 0.29) is 11.7 Å². The van der Waals surface area contributed by atoms with Crippen molar-refractivity contribution in [2.45, 2.75) is 20.3 Å². The van der Waals surface area contributed by atoms with Crippen LogP contribution < -0.4 is 0 Å². The van der Waals surface area contributed by atoms with Gasteiger partial charge in [-0.2, -0.15) is 0 Å². The Morgan fingerprint density at radius 2 is 2.23 bits per heavy atom. The Labute approximate surface area is 98.8 Å². The number of hydrogen-bond donors (Lipinski definition) is 0. The molecule has 0 saturated heterocycles. The molecule has 0 aliphatic rings. The van der Waals surface area contributed by atoms with Crippen LogP contribution >= 0.6 is 43.2 Å². The van der Waals surface area contributed by atoms with Crippen molar-refractivity contribution in [3.05, 3.63) is 19.2 Å². The normalized spacial score (nSPS) is 12.9. The Morgan fingerprint density at radius 1 is 1.62 bits per heavy atom. The highest BCUT2D eigenvalue weighted by molar-refractivity contribution is 9.12. The molecule has 0 amide bonds. The van der Waals surface area contributed by atoms with Crippen molar-refractivity contribution in [2.75, 3.05) is 0 Å². The van der Waals surface area contributed by atoms with Crippen LogP contribution in [0.25, 0.3) is 0 Å². The molecule has 1 aromatic heterocycles. The number of ketones is 1. The van der Waals surface area contributed by atoms with Crippen LogP contribution in [0, 0.1) is 5.92 Å². The van der Waals surface area contributed by atoms with Crippen molar-refractivity contribution in [3.63, 3.8) is 0 Å². The van der Waals surface area contributed by atoms with Crippen LogP contribution in [-0.4, -0.2) is 5.78 Å². The third kappa shape index (κ3) is 2.64. The first-order valence-electron chi connectivity index (χ1n) is 4.05. The first-order valence-corrected chi connectivity index (χ1v) is 6.45. The van der Waals surface area contributed by atoms with E-state index in [1.807, 2.05) is 19.9 Å². The average Bonchev–Trinajstić information content (AvgIpc) is 2.42. The number of halogens is 2. The van der Waals surface area contributed by atoms with Gasteiger partial charge in [0.05, 0.1) is 7.57 Å². The summed E-state index contributed by atoms with van der Waals surface area (Å²) in [6.07, 6.45) is 0.888. The minimum Gasteiger partial charge on any atom is -0.294 e. The molecule has 1 rings (SSSR count). The molecule has 0 N–H and O–H groups in total. The largest absolute Gasteiger partial charge is 0.294 e. The maximum absolute atomic E-state index is 11.8. The smallest absolute Gasteiger partial charge is 0.167 e. The fraction of sp³-hybridized carbons (Fsp3) is 0.444. The summed E-state index contributed by atoms with van der Waals surface area (Å²) in [6, 6.07) is 1.88. The maximum Gasteiger partial charge on any atom is 0.167 e. The average molecular weight is 326 g/mol. The van der Waals surface area contributed by atoms with Crippen molar-refractivity contribution >= 4 is 49.0 Å². The van der Waals surface area contributed by atoms with Gasteiger partial charge in [-0.05, 0) is 44.3 Å². The summed E-state index contributed by atoms with van der Waals surface area (Å²) in [5, 5.41) is 0. The highest BCUT2D eigenvalue weighted by atomic mass is 79.9. The molecule has 0 spiro atoms. The van der Waals surface area contributed by atoms with Gasteiger partial charge in [-0.1, -0.05) is 13.8 Å². The minimum absolute atomic E-state index is 0.109. The SMILES string of the molecule is CCC(C)C(=O)c1cc(Br)sc1Br. The van der Waals surface area contributed by atoms with Gasteiger partial charge in [0.2, 0.25) is 0 Å². The first kappa shape index (κ1) is 11.4. The van der Waals surface area contributed by atoms with E-state index in [9.17, 15) is 4.79 Å². The van der Waals surface area contributed by atoms with Crippen LogP contribution in [-0.2, 0) is 0 Å². The number of rotatable bonds is 3. The lowest BCUT2D eigenvalue weighted by molar-refractivity contribution is 0.0927. The van der Waals surface area contributed by atoms with E-state index < -0.39 is 0 Å². The Balaban J connectivity index is 2.94. The molecule has 4 heteroatoms.